The van der Waals surface area contributed by atoms with E-state index in [2.05, 4.69) is 9.33 Å². The van der Waals surface area contributed by atoms with Crippen molar-refractivity contribution in [3.8, 4) is 0 Å². The fraction of sp³-hybridized carbons (Fsp3) is 0.857. The minimum atomic E-state index is -0.740. The molecule has 0 aromatic carbocycles. The van der Waals surface area contributed by atoms with Crippen molar-refractivity contribution >= 4 is 17.8 Å². The maximum absolute atomic E-state index is 10.1. The van der Waals surface area contributed by atoms with Gasteiger partial charge in [-0.2, -0.15) is 0 Å². The first-order valence-electron chi connectivity index (χ1n) is 3.89. The molecule has 0 bridgehead atoms. The van der Waals surface area contributed by atoms with E-state index in [0.717, 1.165) is 25.7 Å². The van der Waals surface area contributed by atoms with Gasteiger partial charge < -0.3 is 5.11 Å². The second-order valence-corrected chi connectivity index (χ2v) is 2.57. The number of hydrogen-bond donors (Lipinski definition) is 1. The molecule has 1 N–H and O–H groups in total. The van der Waals surface area contributed by atoms with E-state index in [1.807, 2.05) is 0 Å². The summed E-state index contributed by atoms with van der Waals surface area (Å²) in [5.74, 6) is -0.740. The minimum absolute atomic E-state index is 0.243. The van der Waals surface area contributed by atoms with Gasteiger partial charge in [0.15, 0.2) is 0 Å². The van der Waals surface area contributed by atoms with Gasteiger partial charge in [-0.25, -0.2) is 4.89 Å². The quantitative estimate of drug-likeness (QED) is 0.367. The third-order valence-electron chi connectivity index (χ3n) is 1.41. The molecule has 0 spiro atoms. The number of carbonyl (C=O) groups is 1. The molecule has 5 heteroatoms. The highest BCUT2D eigenvalue weighted by atomic mass is 35.5. The van der Waals surface area contributed by atoms with Crippen LogP contribution in [0.15, 0.2) is 0 Å². The van der Waals surface area contributed by atoms with Crippen LogP contribution >= 0.6 is 11.9 Å². The maximum Gasteiger partial charge on any atom is 0.303 e. The van der Waals surface area contributed by atoms with E-state index in [1.54, 1.807) is 0 Å². The van der Waals surface area contributed by atoms with Crippen LogP contribution in [-0.2, 0) is 14.1 Å². The Kier molecular flexibility index (Phi) is 8.54. The first-order valence-corrected chi connectivity index (χ1v) is 4.20. The number of carboxylic acid groups (broad SMARTS) is 1. The zero-order chi connectivity index (χ0) is 9.23. The van der Waals surface area contributed by atoms with Crippen LogP contribution in [0.5, 0.6) is 0 Å². The molecule has 0 aliphatic carbocycles. The summed E-state index contributed by atoms with van der Waals surface area (Å²) in [5.41, 5.74) is 0. The predicted molar refractivity (Wildman–Crippen MR) is 43.6 cm³/mol. The zero-order valence-electron chi connectivity index (χ0n) is 6.79. The van der Waals surface area contributed by atoms with Crippen molar-refractivity contribution in [2.75, 3.05) is 6.61 Å². The first-order chi connectivity index (χ1) is 5.77. The summed E-state index contributed by atoms with van der Waals surface area (Å²) in [6.07, 6.45) is 3.64. The largest absolute Gasteiger partial charge is 0.481 e. The van der Waals surface area contributed by atoms with Crippen molar-refractivity contribution in [3.63, 3.8) is 0 Å². The number of unbranched alkanes of at least 4 members (excludes halogenated alkanes) is 3. The summed E-state index contributed by atoms with van der Waals surface area (Å²) < 4.78 is 3.86. The Morgan fingerprint density at radius 1 is 1.25 bits per heavy atom. The van der Waals surface area contributed by atoms with Crippen molar-refractivity contribution in [3.05, 3.63) is 0 Å². The minimum Gasteiger partial charge on any atom is -0.481 e. The monoisotopic (exact) mass is 196 g/mol. The lowest BCUT2D eigenvalue weighted by Crippen LogP contribution is -1.94. The smallest absolute Gasteiger partial charge is 0.303 e. The topological polar surface area (TPSA) is 55.8 Å². The molecule has 0 fully saturated rings. The van der Waals surface area contributed by atoms with E-state index >= 15 is 0 Å². The van der Waals surface area contributed by atoms with Crippen molar-refractivity contribution in [1.82, 2.24) is 0 Å². The SMILES string of the molecule is O=C(O)CCCCCCOOCl. The second kappa shape index (κ2) is 8.77. The molecule has 0 aromatic heterocycles. The molecule has 0 aromatic rings. The molecule has 12 heavy (non-hydrogen) atoms. The maximum atomic E-state index is 10.1. The van der Waals surface area contributed by atoms with Crippen LogP contribution in [0.1, 0.15) is 32.1 Å². The molecular formula is C7H13ClO4. The van der Waals surface area contributed by atoms with Gasteiger partial charge in [-0.15, -0.1) is 4.44 Å². The molecule has 4 nitrogen and oxygen atoms in total. The summed E-state index contributed by atoms with van der Waals surface area (Å²) in [6, 6.07) is 0. The Hall–Kier alpha value is -0.320. The number of aliphatic carboxylic acids is 1. The first kappa shape index (κ1) is 11.7. The van der Waals surface area contributed by atoms with Crippen LogP contribution in [0.3, 0.4) is 0 Å². The molecule has 0 atom stereocenters. The van der Waals surface area contributed by atoms with E-state index in [-0.39, 0.29) is 6.42 Å². The average Bonchev–Trinajstić information content (AvgIpc) is 2.02. The van der Waals surface area contributed by atoms with Crippen molar-refractivity contribution in [1.29, 1.82) is 0 Å². The average molecular weight is 197 g/mol. The Bertz CT molecular complexity index is 118. The predicted octanol–water partition coefficient (Wildman–Crippen LogP) is 2.12. The van der Waals surface area contributed by atoms with Crippen molar-refractivity contribution < 1.29 is 19.2 Å². The Morgan fingerprint density at radius 2 is 1.92 bits per heavy atom. The van der Waals surface area contributed by atoms with Gasteiger partial charge in [0.05, 0.1) is 18.5 Å². The number of carboxylic acids is 1. The molecule has 72 valence electrons. The molecule has 0 saturated heterocycles. The highest BCUT2D eigenvalue weighted by molar-refractivity contribution is 6.06. The number of rotatable bonds is 8. The van der Waals surface area contributed by atoms with Gasteiger partial charge in [-0.1, -0.05) is 12.8 Å². The molecule has 0 rings (SSSR count). The van der Waals surface area contributed by atoms with Crippen LogP contribution in [0.2, 0.25) is 0 Å². The molecule has 0 heterocycles. The molecular weight excluding hydrogens is 184 g/mol. The fourth-order valence-corrected chi connectivity index (χ4v) is 0.885. The van der Waals surface area contributed by atoms with Gasteiger partial charge in [0.1, 0.15) is 0 Å². The van der Waals surface area contributed by atoms with Gasteiger partial charge in [0.2, 0.25) is 0 Å². The Labute approximate surface area is 76.5 Å². The van der Waals surface area contributed by atoms with Gasteiger partial charge in [0, 0.05) is 6.42 Å². The van der Waals surface area contributed by atoms with Crippen molar-refractivity contribution in [2.24, 2.45) is 0 Å². The zero-order valence-corrected chi connectivity index (χ0v) is 7.55. The van der Waals surface area contributed by atoms with E-state index < -0.39 is 5.97 Å². The van der Waals surface area contributed by atoms with E-state index in [9.17, 15) is 4.79 Å². The summed E-state index contributed by atoms with van der Waals surface area (Å²) in [4.78, 5) is 14.5. The standard InChI is InChI=1S/C7H13ClO4/c8-12-11-6-4-2-1-3-5-7(9)10/h1-6H2,(H,9,10). The summed E-state index contributed by atoms with van der Waals surface area (Å²) >= 11 is 4.78. The molecule has 0 saturated carbocycles. The van der Waals surface area contributed by atoms with Crippen LogP contribution in [0.25, 0.3) is 0 Å². The van der Waals surface area contributed by atoms with Gasteiger partial charge >= 0.3 is 5.97 Å². The van der Waals surface area contributed by atoms with Crippen LogP contribution < -0.4 is 0 Å². The molecule has 0 aliphatic heterocycles. The lowest BCUT2D eigenvalue weighted by molar-refractivity contribution is -0.203. The lowest BCUT2D eigenvalue weighted by atomic mass is 10.1. The van der Waals surface area contributed by atoms with Crippen molar-refractivity contribution in [2.45, 2.75) is 32.1 Å². The third kappa shape index (κ3) is 9.68. The summed E-state index contributed by atoms with van der Waals surface area (Å²) in [5, 5.41) is 8.29. The van der Waals surface area contributed by atoms with Crippen LogP contribution in [0, 0.1) is 0 Å². The lowest BCUT2D eigenvalue weighted by Gasteiger charge is -1.97. The highest BCUT2D eigenvalue weighted by Gasteiger charge is 1.96. The number of hydrogen-bond acceptors (Lipinski definition) is 3. The molecule has 0 radical (unpaired) electrons. The van der Waals surface area contributed by atoms with Gasteiger partial charge in [-0.05, 0) is 12.8 Å². The molecule has 0 unspecified atom stereocenters. The van der Waals surface area contributed by atoms with Crippen LogP contribution in [0.4, 0.5) is 0 Å². The van der Waals surface area contributed by atoms with E-state index in [1.165, 1.54) is 0 Å². The molecule has 0 aliphatic rings. The van der Waals surface area contributed by atoms with Crippen LogP contribution in [-0.4, -0.2) is 17.7 Å². The summed E-state index contributed by atoms with van der Waals surface area (Å²) in [6.45, 7) is 0.455. The van der Waals surface area contributed by atoms with E-state index in [0.29, 0.717) is 6.61 Å². The summed E-state index contributed by atoms with van der Waals surface area (Å²) in [7, 11) is 0. The number of halogens is 1. The van der Waals surface area contributed by atoms with E-state index in [4.69, 9.17) is 17.0 Å². The highest BCUT2D eigenvalue weighted by Crippen LogP contribution is 2.03. The second-order valence-electron chi connectivity index (χ2n) is 2.44. The van der Waals surface area contributed by atoms with Gasteiger partial charge in [-0.3, -0.25) is 4.79 Å². The van der Waals surface area contributed by atoms with Gasteiger partial charge in [0.25, 0.3) is 0 Å². The Morgan fingerprint density at radius 3 is 2.50 bits per heavy atom. The molecule has 0 amide bonds. The normalized spacial score (nSPS) is 10.1. The third-order valence-corrected chi connectivity index (χ3v) is 1.50. The Balaban J connectivity index is 2.86. The fourth-order valence-electron chi connectivity index (χ4n) is 0.822.